The molecule has 1 rings (SSSR count). The maximum Gasteiger partial charge on any atom is 0.0613 e. The summed E-state index contributed by atoms with van der Waals surface area (Å²) < 4.78 is 1.39. The molecule has 0 aliphatic heterocycles. The number of hydrogen-bond acceptors (Lipinski definition) is 4. The average Bonchev–Trinajstić information content (AvgIpc) is 2.85. The lowest BCUT2D eigenvalue weighted by molar-refractivity contribution is 0.137. The SMILES string of the molecule is CCC(CO)(CCCSc1cccs1)NC(C)C. The van der Waals surface area contributed by atoms with Gasteiger partial charge in [-0.1, -0.05) is 26.8 Å². The van der Waals surface area contributed by atoms with Gasteiger partial charge in [-0.15, -0.1) is 23.1 Å². The predicted molar refractivity (Wildman–Crippen MR) is 82.7 cm³/mol. The predicted octanol–water partition coefficient (Wildman–Crippen LogP) is 3.76. The topological polar surface area (TPSA) is 32.3 Å². The maximum absolute atomic E-state index is 9.64. The third kappa shape index (κ3) is 5.31. The third-order valence-corrected chi connectivity index (χ3v) is 5.33. The Morgan fingerprint density at radius 1 is 1.50 bits per heavy atom. The van der Waals surface area contributed by atoms with Gasteiger partial charge in [0, 0.05) is 11.6 Å². The van der Waals surface area contributed by atoms with E-state index in [-0.39, 0.29) is 12.1 Å². The second kappa shape index (κ2) is 8.20. The number of hydrogen-bond donors (Lipinski definition) is 2. The van der Waals surface area contributed by atoms with Gasteiger partial charge in [0.15, 0.2) is 0 Å². The van der Waals surface area contributed by atoms with Crippen LogP contribution in [0, 0.1) is 0 Å². The Balaban J connectivity index is 2.33. The van der Waals surface area contributed by atoms with Crippen LogP contribution in [0.1, 0.15) is 40.0 Å². The van der Waals surface area contributed by atoms with E-state index in [1.165, 1.54) is 4.21 Å². The molecule has 18 heavy (non-hydrogen) atoms. The Kier molecular flexibility index (Phi) is 7.30. The van der Waals surface area contributed by atoms with E-state index in [0.29, 0.717) is 6.04 Å². The molecule has 0 aliphatic carbocycles. The van der Waals surface area contributed by atoms with Gasteiger partial charge in [-0.05, 0) is 36.5 Å². The van der Waals surface area contributed by atoms with Gasteiger partial charge in [-0.2, -0.15) is 0 Å². The molecule has 2 N–H and O–H groups in total. The van der Waals surface area contributed by atoms with Crippen molar-refractivity contribution < 1.29 is 5.11 Å². The second-order valence-electron chi connectivity index (χ2n) is 4.98. The van der Waals surface area contributed by atoms with Crippen molar-refractivity contribution in [3.63, 3.8) is 0 Å². The number of rotatable bonds is 9. The summed E-state index contributed by atoms with van der Waals surface area (Å²) in [6, 6.07) is 4.68. The van der Waals surface area contributed by atoms with Gasteiger partial charge in [-0.3, -0.25) is 0 Å². The summed E-state index contributed by atoms with van der Waals surface area (Å²) in [4.78, 5) is 0. The molecule has 1 aromatic heterocycles. The van der Waals surface area contributed by atoms with Gasteiger partial charge >= 0.3 is 0 Å². The van der Waals surface area contributed by atoms with Gasteiger partial charge in [0.1, 0.15) is 0 Å². The molecule has 1 aromatic rings. The first kappa shape index (κ1) is 16.0. The average molecular weight is 287 g/mol. The zero-order chi connectivity index (χ0) is 13.4. The quantitative estimate of drug-likeness (QED) is 0.536. The third-order valence-electron chi connectivity index (χ3n) is 3.11. The zero-order valence-corrected chi connectivity index (χ0v) is 13.2. The molecule has 0 saturated carbocycles. The number of thiophene rings is 1. The Morgan fingerprint density at radius 3 is 2.78 bits per heavy atom. The van der Waals surface area contributed by atoms with Crippen molar-refractivity contribution in [2.45, 2.75) is 55.8 Å². The summed E-state index contributed by atoms with van der Waals surface area (Å²) >= 11 is 3.72. The van der Waals surface area contributed by atoms with E-state index >= 15 is 0 Å². The van der Waals surface area contributed by atoms with Crippen LogP contribution in [-0.4, -0.2) is 29.0 Å². The first-order valence-electron chi connectivity index (χ1n) is 6.67. The van der Waals surface area contributed by atoms with Crippen molar-refractivity contribution in [1.29, 1.82) is 0 Å². The minimum Gasteiger partial charge on any atom is -0.394 e. The Morgan fingerprint density at radius 2 is 2.28 bits per heavy atom. The standard InChI is InChI=1S/C14H25NOS2/c1-4-14(11-16,15-12(2)3)8-6-10-18-13-7-5-9-17-13/h5,7,9,12,15-16H,4,6,8,10-11H2,1-3H3. The second-order valence-corrected chi connectivity index (χ2v) is 7.32. The molecule has 1 heterocycles. The highest BCUT2D eigenvalue weighted by atomic mass is 32.2. The number of aliphatic hydroxyl groups excluding tert-OH is 1. The Labute approximate surface area is 119 Å². The highest BCUT2D eigenvalue weighted by molar-refractivity contribution is 8.01. The molecule has 4 heteroatoms. The first-order valence-corrected chi connectivity index (χ1v) is 8.53. The molecule has 0 bridgehead atoms. The van der Waals surface area contributed by atoms with E-state index in [1.807, 2.05) is 11.8 Å². The fourth-order valence-electron chi connectivity index (χ4n) is 2.13. The molecule has 0 radical (unpaired) electrons. The summed E-state index contributed by atoms with van der Waals surface area (Å²) in [5, 5.41) is 15.3. The number of thioether (sulfide) groups is 1. The fraction of sp³-hybridized carbons (Fsp3) is 0.714. The fourth-order valence-corrected chi connectivity index (χ4v) is 3.93. The van der Waals surface area contributed by atoms with Crippen LogP contribution in [0.25, 0.3) is 0 Å². The van der Waals surface area contributed by atoms with Crippen LogP contribution in [-0.2, 0) is 0 Å². The van der Waals surface area contributed by atoms with Crippen LogP contribution in [0.15, 0.2) is 21.7 Å². The molecule has 0 amide bonds. The monoisotopic (exact) mass is 287 g/mol. The van der Waals surface area contributed by atoms with E-state index in [4.69, 9.17) is 0 Å². The highest BCUT2D eigenvalue weighted by Gasteiger charge is 2.26. The number of nitrogens with one attached hydrogen (secondary N) is 1. The van der Waals surface area contributed by atoms with Gasteiger partial charge in [0.2, 0.25) is 0 Å². The van der Waals surface area contributed by atoms with Crippen molar-refractivity contribution in [2.75, 3.05) is 12.4 Å². The maximum atomic E-state index is 9.64. The van der Waals surface area contributed by atoms with E-state index in [9.17, 15) is 5.11 Å². The Hall–Kier alpha value is -0.0300. The van der Waals surface area contributed by atoms with Crippen molar-refractivity contribution in [2.24, 2.45) is 0 Å². The summed E-state index contributed by atoms with van der Waals surface area (Å²) in [6.45, 7) is 6.66. The molecule has 1 unspecified atom stereocenters. The first-order chi connectivity index (χ1) is 8.62. The van der Waals surface area contributed by atoms with Crippen LogP contribution >= 0.6 is 23.1 Å². The van der Waals surface area contributed by atoms with E-state index in [0.717, 1.165) is 25.0 Å². The van der Waals surface area contributed by atoms with Crippen molar-refractivity contribution in [1.82, 2.24) is 5.32 Å². The van der Waals surface area contributed by atoms with E-state index < -0.39 is 0 Å². The minimum atomic E-state index is -0.0931. The lowest BCUT2D eigenvalue weighted by Gasteiger charge is -2.34. The van der Waals surface area contributed by atoms with Crippen LogP contribution in [0.3, 0.4) is 0 Å². The van der Waals surface area contributed by atoms with Gasteiger partial charge < -0.3 is 10.4 Å². The van der Waals surface area contributed by atoms with Crippen LogP contribution < -0.4 is 5.32 Å². The Bertz CT molecular complexity index is 308. The van der Waals surface area contributed by atoms with Crippen LogP contribution in [0.5, 0.6) is 0 Å². The number of aliphatic hydroxyl groups is 1. The molecular formula is C14H25NOS2. The summed E-state index contributed by atoms with van der Waals surface area (Å²) in [7, 11) is 0. The normalized spacial score (nSPS) is 14.9. The molecular weight excluding hydrogens is 262 g/mol. The molecule has 0 aromatic carbocycles. The zero-order valence-electron chi connectivity index (χ0n) is 11.6. The minimum absolute atomic E-state index is 0.0931. The lowest BCUT2D eigenvalue weighted by atomic mass is 9.91. The molecule has 0 fully saturated rings. The lowest BCUT2D eigenvalue weighted by Crippen LogP contribution is -2.51. The van der Waals surface area contributed by atoms with Crippen LogP contribution in [0.4, 0.5) is 0 Å². The summed E-state index contributed by atoms with van der Waals surface area (Å²) in [5.74, 6) is 1.13. The van der Waals surface area contributed by atoms with Crippen LogP contribution in [0.2, 0.25) is 0 Å². The molecule has 0 aliphatic rings. The molecule has 0 spiro atoms. The highest BCUT2D eigenvalue weighted by Crippen LogP contribution is 2.26. The van der Waals surface area contributed by atoms with E-state index in [1.54, 1.807) is 11.3 Å². The molecule has 0 saturated heterocycles. The smallest absolute Gasteiger partial charge is 0.0613 e. The molecule has 2 nitrogen and oxygen atoms in total. The summed E-state index contributed by atoms with van der Waals surface area (Å²) in [6.07, 6.45) is 3.15. The van der Waals surface area contributed by atoms with Crippen molar-refractivity contribution >= 4 is 23.1 Å². The van der Waals surface area contributed by atoms with E-state index in [2.05, 4.69) is 43.6 Å². The van der Waals surface area contributed by atoms with Gasteiger partial charge in [0.05, 0.1) is 10.8 Å². The van der Waals surface area contributed by atoms with Gasteiger partial charge in [0.25, 0.3) is 0 Å². The van der Waals surface area contributed by atoms with Gasteiger partial charge in [-0.25, -0.2) is 0 Å². The summed E-state index contributed by atoms with van der Waals surface area (Å²) in [5.41, 5.74) is -0.0931. The molecule has 1 atom stereocenters. The van der Waals surface area contributed by atoms with Crippen molar-refractivity contribution in [3.05, 3.63) is 17.5 Å². The largest absolute Gasteiger partial charge is 0.394 e. The van der Waals surface area contributed by atoms with Crippen molar-refractivity contribution in [3.8, 4) is 0 Å². The molecule has 104 valence electrons.